The lowest BCUT2D eigenvalue weighted by molar-refractivity contribution is -0.131. The molecule has 2 rings (SSSR count). The van der Waals surface area contributed by atoms with Crippen molar-refractivity contribution in [2.75, 3.05) is 46.4 Å². The first-order valence-electron chi connectivity index (χ1n) is 6.20. The van der Waals surface area contributed by atoms with Crippen LogP contribution >= 0.6 is 0 Å². The fourth-order valence-electron chi connectivity index (χ4n) is 2.58. The Balaban J connectivity index is 1.86. The second-order valence-electron chi connectivity index (χ2n) is 5.09. The van der Waals surface area contributed by atoms with E-state index >= 15 is 0 Å². The molecule has 2 atom stereocenters. The molecule has 4 nitrogen and oxygen atoms in total. The first-order chi connectivity index (χ1) is 7.66. The van der Waals surface area contributed by atoms with Gasteiger partial charge in [0.2, 0.25) is 0 Å². The van der Waals surface area contributed by atoms with Gasteiger partial charge in [-0.2, -0.15) is 0 Å². The van der Waals surface area contributed by atoms with Crippen molar-refractivity contribution in [3.8, 4) is 0 Å². The predicted octanol–water partition coefficient (Wildman–Crippen LogP) is 0.228. The summed E-state index contributed by atoms with van der Waals surface area (Å²) in [5.41, 5.74) is 0. The van der Waals surface area contributed by atoms with Gasteiger partial charge in [-0.3, -0.25) is 9.69 Å². The second-order valence-corrected chi connectivity index (χ2v) is 5.09. The number of hydrogen-bond acceptors (Lipinski definition) is 4. The second kappa shape index (κ2) is 5.25. The minimum atomic E-state index is 0.111. The molecule has 2 aliphatic heterocycles. The molecule has 0 aromatic carbocycles. The van der Waals surface area contributed by atoms with Gasteiger partial charge in [-0.1, -0.05) is 0 Å². The number of Topliss-reactive ketones (excluding diaryl/α,β-unsaturated/α-hetero) is 1. The summed E-state index contributed by atoms with van der Waals surface area (Å²) in [7, 11) is 2.16. The van der Waals surface area contributed by atoms with Crippen molar-refractivity contribution >= 4 is 5.78 Å². The molecule has 0 bridgehead atoms. The van der Waals surface area contributed by atoms with Crippen molar-refractivity contribution in [3.05, 3.63) is 0 Å². The highest BCUT2D eigenvalue weighted by molar-refractivity contribution is 5.82. The van der Waals surface area contributed by atoms with E-state index in [1.54, 1.807) is 0 Å². The van der Waals surface area contributed by atoms with Crippen LogP contribution in [0, 0.1) is 5.92 Å². The molecule has 0 aromatic rings. The Bertz CT molecular complexity index is 257. The van der Waals surface area contributed by atoms with Crippen molar-refractivity contribution < 1.29 is 9.53 Å². The Kier molecular flexibility index (Phi) is 3.95. The number of piperazine rings is 1. The number of carbonyl (C=O) groups is 1. The SMILES string of the molecule is CC1CN(C)CCN1CC1COCCC1=O. The number of ketones is 1. The van der Waals surface area contributed by atoms with E-state index in [2.05, 4.69) is 23.8 Å². The fourth-order valence-corrected chi connectivity index (χ4v) is 2.58. The third-order valence-electron chi connectivity index (χ3n) is 3.69. The summed E-state index contributed by atoms with van der Waals surface area (Å²) in [5.74, 6) is 0.497. The lowest BCUT2D eigenvalue weighted by Gasteiger charge is -2.40. The van der Waals surface area contributed by atoms with E-state index < -0.39 is 0 Å². The van der Waals surface area contributed by atoms with E-state index in [9.17, 15) is 4.79 Å². The van der Waals surface area contributed by atoms with Crippen molar-refractivity contribution in [2.45, 2.75) is 19.4 Å². The molecule has 0 aliphatic carbocycles. The zero-order valence-corrected chi connectivity index (χ0v) is 10.3. The molecule has 0 spiro atoms. The number of hydrogen-bond donors (Lipinski definition) is 0. The molecule has 4 heteroatoms. The Labute approximate surface area is 97.5 Å². The number of nitrogens with zero attached hydrogens (tertiary/aromatic N) is 2. The average Bonchev–Trinajstić information content (AvgIpc) is 2.25. The van der Waals surface area contributed by atoms with Crippen LogP contribution in [0.1, 0.15) is 13.3 Å². The lowest BCUT2D eigenvalue weighted by Crippen LogP contribution is -2.53. The number of likely N-dealkylation sites (N-methyl/N-ethyl adjacent to an activating group) is 1. The molecule has 92 valence electrons. The molecule has 2 saturated heterocycles. The smallest absolute Gasteiger partial charge is 0.141 e. The number of ether oxygens (including phenoxy) is 1. The average molecular weight is 226 g/mol. The zero-order valence-electron chi connectivity index (χ0n) is 10.3. The summed E-state index contributed by atoms with van der Waals surface area (Å²) in [6.45, 7) is 7.64. The standard InChI is InChI=1S/C12H22N2O2/c1-10-7-13(2)4-5-14(10)8-11-9-16-6-3-12(11)15/h10-11H,3-9H2,1-2H3. The van der Waals surface area contributed by atoms with E-state index in [0.717, 1.165) is 26.2 Å². The van der Waals surface area contributed by atoms with Crippen molar-refractivity contribution in [1.29, 1.82) is 0 Å². The van der Waals surface area contributed by atoms with Crippen LogP contribution in [0.4, 0.5) is 0 Å². The first-order valence-corrected chi connectivity index (χ1v) is 6.20. The van der Waals surface area contributed by atoms with Gasteiger partial charge in [0.25, 0.3) is 0 Å². The van der Waals surface area contributed by atoms with Gasteiger partial charge < -0.3 is 9.64 Å². The van der Waals surface area contributed by atoms with E-state index in [1.165, 1.54) is 0 Å². The van der Waals surface area contributed by atoms with Gasteiger partial charge in [0.15, 0.2) is 0 Å². The van der Waals surface area contributed by atoms with Gasteiger partial charge in [0.05, 0.1) is 19.1 Å². The summed E-state index contributed by atoms with van der Waals surface area (Å²) < 4.78 is 5.39. The highest BCUT2D eigenvalue weighted by Gasteiger charge is 2.29. The highest BCUT2D eigenvalue weighted by atomic mass is 16.5. The molecule has 0 saturated carbocycles. The van der Waals surface area contributed by atoms with Crippen LogP contribution in [0.2, 0.25) is 0 Å². The fraction of sp³-hybridized carbons (Fsp3) is 0.917. The quantitative estimate of drug-likeness (QED) is 0.675. The lowest BCUT2D eigenvalue weighted by atomic mass is 9.99. The monoisotopic (exact) mass is 226 g/mol. The molecule has 0 N–H and O–H groups in total. The molecular weight excluding hydrogens is 204 g/mol. The Hall–Kier alpha value is -0.450. The van der Waals surface area contributed by atoms with Gasteiger partial charge in [0, 0.05) is 38.6 Å². The Morgan fingerprint density at radius 1 is 1.44 bits per heavy atom. The van der Waals surface area contributed by atoms with Gasteiger partial charge in [-0.25, -0.2) is 0 Å². The van der Waals surface area contributed by atoms with Gasteiger partial charge in [0.1, 0.15) is 5.78 Å². The van der Waals surface area contributed by atoms with Crippen molar-refractivity contribution in [2.24, 2.45) is 5.92 Å². The predicted molar refractivity (Wildman–Crippen MR) is 62.5 cm³/mol. The van der Waals surface area contributed by atoms with Crippen molar-refractivity contribution in [3.63, 3.8) is 0 Å². The summed E-state index contributed by atoms with van der Waals surface area (Å²) in [6.07, 6.45) is 0.604. The molecule has 2 heterocycles. The van der Waals surface area contributed by atoms with E-state index in [0.29, 0.717) is 31.5 Å². The molecule has 16 heavy (non-hydrogen) atoms. The Morgan fingerprint density at radius 2 is 2.25 bits per heavy atom. The van der Waals surface area contributed by atoms with Crippen LogP contribution in [0.5, 0.6) is 0 Å². The first kappa shape index (κ1) is 12.0. The largest absolute Gasteiger partial charge is 0.380 e. The van der Waals surface area contributed by atoms with Crippen LogP contribution in [0.3, 0.4) is 0 Å². The minimum absolute atomic E-state index is 0.111. The van der Waals surface area contributed by atoms with Gasteiger partial charge in [-0.05, 0) is 14.0 Å². The maximum Gasteiger partial charge on any atom is 0.141 e. The molecular formula is C12H22N2O2. The highest BCUT2D eigenvalue weighted by Crippen LogP contribution is 2.15. The third kappa shape index (κ3) is 2.81. The van der Waals surface area contributed by atoms with Crippen LogP contribution in [0.25, 0.3) is 0 Å². The van der Waals surface area contributed by atoms with Crippen molar-refractivity contribution in [1.82, 2.24) is 9.80 Å². The summed E-state index contributed by atoms with van der Waals surface area (Å²) in [5, 5.41) is 0. The van der Waals surface area contributed by atoms with Gasteiger partial charge >= 0.3 is 0 Å². The van der Waals surface area contributed by atoms with Crippen LogP contribution < -0.4 is 0 Å². The normalized spacial score (nSPS) is 34.2. The van der Waals surface area contributed by atoms with E-state index in [4.69, 9.17) is 4.74 Å². The third-order valence-corrected chi connectivity index (χ3v) is 3.69. The topological polar surface area (TPSA) is 32.8 Å². The molecule has 2 aliphatic rings. The van der Waals surface area contributed by atoms with E-state index in [1.807, 2.05) is 0 Å². The van der Waals surface area contributed by atoms with Crippen LogP contribution in [-0.4, -0.2) is 68.1 Å². The Morgan fingerprint density at radius 3 is 2.94 bits per heavy atom. The number of carbonyl (C=O) groups excluding carboxylic acids is 1. The maximum atomic E-state index is 11.7. The van der Waals surface area contributed by atoms with Crippen LogP contribution in [0.15, 0.2) is 0 Å². The molecule has 0 aromatic heterocycles. The molecule has 2 unspecified atom stereocenters. The molecule has 2 fully saturated rings. The maximum absolute atomic E-state index is 11.7. The summed E-state index contributed by atoms with van der Waals surface area (Å²) >= 11 is 0. The van der Waals surface area contributed by atoms with Gasteiger partial charge in [-0.15, -0.1) is 0 Å². The summed E-state index contributed by atoms with van der Waals surface area (Å²) in [4.78, 5) is 16.5. The molecule has 0 radical (unpaired) electrons. The zero-order chi connectivity index (χ0) is 11.5. The minimum Gasteiger partial charge on any atom is -0.380 e. The van der Waals surface area contributed by atoms with E-state index in [-0.39, 0.29) is 5.92 Å². The molecule has 0 amide bonds. The summed E-state index contributed by atoms with van der Waals surface area (Å²) in [6, 6.07) is 0.550. The number of rotatable bonds is 2. The van der Waals surface area contributed by atoms with Crippen LogP contribution in [-0.2, 0) is 9.53 Å².